The summed E-state index contributed by atoms with van der Waals surface area (Å²) in [6.07, 6.45) is 1.88. The molecule has 21 heavy (non-hydrogen) atoms. The molecular weight excluding hydrogens is 301 g/mol. The Morgan fingerprint density at radius 3 is 3.00 bits per heavy atom. The van der Waals surface area contributed by atoms with E-state index in [-0.39, 0.29) is 16.7 Å². The molecule has 1 aromatic rings. The summed E-state index contributed by atoms with van der Waals surface area (Å²) in [5, 5.41) is 2.81. The number of carbonyl (C=O) groups is 2. The van der Waals surface area contributed by atoms with Crippen molar-refractivity contribution in [1.82, 2.24) is 5.32 Å². The molecule has 7 heteroatoms. The van der Waals surface area contributed by atoms with Crippen LogP contribution in [0.5, 0.6) is 0 Å². The number of ether oxygens (including phenoxy) is 2. The fourth-order valence-corrected chi connectivity index (χ4v) is 2.12. The number of hydrogen-bond acceptors (Lipinski definition) is 4. The Balaban J connectivity index is 1.77. The van der Waals surface area contributed by atoms with Crippen LogP contribution in [0.25, 0.3) is 0 Å². The number of esters is 1. The molecule has 1 amide bonds. The fourth-order valence-electron chi connectivity index (χ4n) is 1.95. The van der Waals surface area contributed by atoms with Crippen molar-refractivity contribution in [2.75, 3.05) is 19.8 Å². The van der Waals surface area contributed by atoms with Crippen molar-refractivity contribution in [3.8, 4) is 0 Å². The van der Waals surface area contributed by atoms with Gasteiger partial charge in [-0.3, -0.25) is 4.79 Å². The molecule has 0 spiro atoms. The van der Waals surface area contributed by atoms with Gasteiger partial charge in [0.1, 0.15) is 5.82 Å². The first-order valence-corrected chi connectivity index (χ1v) is 6.94. The number of nitrogens with one attached hydrogen (secondary N) is 1. The minimum atomic E-state index is -0.928. The van der Waals surface area contributed by atoms with Crippen molar-refractivity contribution < 1.29 is 23.5 Å². The zero-order valence-corrected chi connectivity index (χ0v) is 12.0. The highest BCUT2D eigenvalue weighted by atomic mass is 35.5. The fraction of sp³-hybridized carbons (Fsp3) is 0.429. The molecular formula is C14H15ClFNO4. The Morgan fingerprint density at radius 2 is 2.29 bits per heavy atom. The summed E-state index contributed by atoms with van der Waals surface area (Å²) in [4.78, 5) is 23.2. The van der Waals surface area contributed by atoms with Crippen molar-refractivity contribution in [3.63, 3.8) is 0 Å². The molecule has 0 bridgehead atoms. The van der Waals surface area contributed by atoms with Crippen LogP contribution in [0.2, 0.25) is 5.02 Å². The Labute approximate surface area is 126 Å². The van der Waals surface area contributed by atoms with E-state index in [0.717, 1.165) is 25.0 Å². The molecule has 114 valence electrons. The third-order valence-corrected chi connectivity index (χ3v) is 3.27. The van der Waals surface area contributed by atoms with Crippen LogP contribution in [0.3, 0.4) is 0 Å². The number of halogens is 2. The second-order valence-corrected chi connectivity index (χ2v) is 5.08. The van der Waals surface area contributed by atoms with Gasteiger partial charge in [0, 0.05) is 18.2 Å². The molecule has 0 saturated carbocycles. The first-order valence-electron chi connectivity index (χ1n) is 6.57. The molecule has 1 N–H and O–H groups in total. The summed E-state index contributed by atoms with van der Waals surface area (Å²) in [5.41, 5.74) is -0.297. The van der Waals surface area contributed by atoms with E-state index in [4.69, 9.17) is 21.1 Å². The topological polar surface area (TPSA) is 64.6 Å². The van der Waals surface area contributed by atoms with Crippen LogP contribution >= 0.6 is 11.6 Å². The first-order chi connectivity index (χ1) is 10.1. The lowest BCUT2D eigenvalue weighted by molar-refractivity contribution is -0.124. The number of hydrogen-bond donors (Lipinski definition) is 1. The number of carbonyl (C=O) groups excluding carboxylic acids is 2. The van der Waals surface area contributed by atoms with Gasteiger partial charge in [-0.2, -0.15) is 0 Å². The normalized spacial score (nSPS) is 17.5. The largest absolute Gasteiger partial charge is 0.452 e. The highest BCUT2D eigenvalue weighted by Crippen LogP contribution is 2.15. The molecule has 1 heterocycles. The molecule has 0 aromatic heterocycles. The van der Waals surface area contributed by atoms with Crippen molar-refractivity contribution >= 4 is 23.5 Å². The molecule has 1 aliphatic heterocycles. The van der Waals surface area contributed by atoms with Gasteiger partial charge < -0.3 is 14.8 Å². The Hall–Kier alpha value is -1.66. The molecule has 0 radical (unpaired) electrons. The summed E-state index contributed by atoms with van der Waals surface area (Å²) < 4.78 is 23.5. The van der Waals surface area contributed by atoms with E-state index in [0.29, 0.717) is 13.2 Å². The summed E-state index contributed by atoms with van der Waals surface area (Å²) in [7, 11) is 0. The molecule has 1 atom stereocenters. The van der Waals surface area contributed by atoms with Crippen molar-refractivity contribution in [2.24, 2.45) is 0 Å². The highest BCUT2D eigenvalue weighted by molar-refractivity contribution is 6.30. The molecule has 1 aliphatic rings. The second kappa shape index (κ2) is 7.38. The zero-order chi connectivity index (χ0) is 15.2. The van der Waals surface area contributed by atoms with E-state index in [1.54, 1.807) is 0 Å². The lowest BCUT2D eigenvalue weighted by Gasteiger charge is -2.11. The number of amides is 1. The van der Waals surface area contributed by atoms with E-state index in [9.17, 15) is 14.0 Å². The number of rotatable bonds is 5. The molecule has 2 rings (SSSR count). The molecule has 5 nitrogen and oxygen atoms in total. The van der Waals surface area contributed by atoms with E-state index in [1.807, 2.05) is 0 Å². The maximum absolute atomic E-state index is 13.4. The minimum absolute atomic E-state index is 0.00928. The predicted octanol–water partition coefficient (Wildman–Crippen LogP) is 1.93. The summed E-state index contributed by atoms with van der Waals surface area (Å²) in [6, 6.07) is 3.54. The van der Waals surface area contributed by atoms with Crippen molar-refractivity contribution in [3.05, 3.63) is 34.6 Å². The van der Waals surface area contributed by atoms with Crippen LogP contribution in [-0.2, 0) is 14.3 Å². The van der Waals surface area contributed by atoms with E-state index in [2.05, 4.69) is 5.32 Å². The lowest BCUT2D eigenvalue weighted by Crippen LogP contribution is -2.34. The Kier molecular flexibility index (Phi) is 5.52. The Morgan fingerprint density at radius 1 is 1.48 bits per heavy atom. The Bertz CT molecular complexity index is 532. The van der Waals surface area contributed by atoms with Crippen molar-refractivity contribution in [1.29, 1.82) is 0 Å². The quantitative estimate of drug-likeness (QED) is 0.843. The maximum Gasteiger partial charge on any atom is 0.341 e. The predicted molar refractivity (Wildman–Crippen MR) is 73.7 cm³/mol. The highest BCUT2D eigenvalue weighted by Gasteiger charge is 2.18. The lowest BCUT2D eigenvalue weighted by atomic mass is 10.2. The molecule has 1 saturated heterocycles. The van der Waals surface area contributed by atoms with Gasteiger partial charge in [0.25, 0.3) is 5.91 Å². The molecule has 1 aromatic carbocycles. The average molecular weight is 316 g/mol. The smallest absolute Gasteiger partial charge is 0.341 e. The van der Waals surface area contributed by atoms with Gasteiger partial charge in [0.15, 0.2) is 6.61 Å². The molecule has 0 aliphatic carbocycles. The monoisotopic (exact) mass is 315 g/mol. The van der Waals surface area contributed by atoms with Crippen LogP contribution in [0.15, 0.2) is 18.2 Å². The number of benzene rings is 1. The zero-order valence-electron chi connectivity index (χ0n) is 11.2. The minimum Gasteiger partial charge on any atom is -0.452 e. The van der Waals surface area contributed by atoms with Gasteiger partial charge in [-0.05, 0) is 31.0 Å². The third kappa shape index (κ3) is 4.68. The molecule has 1 fully saturated rings. The van der Waals surface area contributed by atoms with E-state index >= 15 is 0 Å². The first kappa shape index (κ1) is 15.7. The standard InChI is InChI=1S/C14H15ClFNO4/c15-9-3-4-12(16)11(6-9)14(19)21-8-13(18)17-7-10-2-1-5-20-10/h3-4,6,10H,1-2,5,7-8H2,(H,17,18)/t10-/m1/s1. The van der Waals surface area contributed by atoms with Crippen LogP contribution in [0.4, 0.5) is 4.39 Å². The summed E-state index contributed by atoms with van der Waals surface area (Å²) >= 11 is 5.68. The SMILES string of the molecule is O=C(COC(=O)c1cc(Cl)ccc1F)NC[C@H]1CCCO1. The van der Waals surface area contributed by atoms with Crippen LogP contribution in [-0.4, -0.2) is 37.7 Å². The van der Waals surface area contributed by atoms with Gasteiger partial charge in [-0.1, -0.05) is 11.6 Å². The third-order valence-electron chi connectivity index (χ3n) is 3.03. The van der Waals surface area contributed by atoms with Gasteiger partial charge in [0.2, 0.25) is 0 Å². The van der Waals surface area contributed by atoms with Gasteiger partial charge >= 0.3 is 5.97 Å². The van der Waals surface area contributed by atoms with Crippen LogP contribution in [0, 0.1) is 5.82 Å². The maximum atomic E-state index is 13.4. The average Bonchev–Trinajstić information content (AvgIpc) is 2.98. The summed E-state index contributed by atoms with van der Waals surface area (Å²) in [6.45, 7) is 0.600. The van der Waals surface area contributed by atoms with Crippen LogP contribution in [0.1, 0.15) is 23.2 Å². The van der Waals surface area contributed by atoms with Crippen LogP contribution < -0.4 is 5.32 Å². The summed E-state index contributed by atoms with van der Waals surface area (Å²) in [5.74, 6) is -2.13. The van der Waals surface area contributed by atoms with E-state index < -0.39 is 24.3 Å². The molecule has 0 unspecified atom stereocenters. The van der Waals surface area contributed by atoms with Gasteiger partial charge in [-0.15, -0.1) is 0 Å². The van der Waals surface area contributed by atoms with Crippen molar-refractivity contribution in [2.45, 2.75) is 18.9 Å². The second-order valence-electron chi connectivity index (χ2n) is 4.64. The van der Waals surface area contributed by atoms with Gasteiger partial charge in [0.05, 0.1) is 11.7 Å². The van der Waals surface area contributed by atoms with Gasteiger partial charge in [-0.25, -0.2) is 9.18 Å². The van der Waals surface area contributed by atoms with E-state index in [1.165, 1.54) is 6.07 Å².